The molecule has 0 spiro atoms. The Morgan fingerprint density at radius 2 is 1.86 bits per heavy atom. The van der Waals surface area contributed by atoms with E-state index in [2.05, 4.69) is 24.1 Å². The fraction of sp³-hybridized carbons (Fsp3) is 1.00. The van der Waals surface area contributed by atoms with Crippen LogP contribution in [-0.2, 0) is 0 Å². The van der Waals surface area contributed by atoms with Crippen LogP contribution < -0.4 is 5.32 Å². The third-order valence-corrected chi connectivity index (χ3v) is 5.15. The molecule has 0 aromatic carbocycles. The van der Waals surface area contributed by atoms with Crippen LogP contribution in [0.25, 0.3) is 0 Å². The minimum absolute atomic E-state index is 0.824. The van der Waals surface area contributed by atoms with Crippen LogP contribution in [0.15, 0.2) is 0 Å². The Balaban J connectivity index is 1.89. The number of nitrogens with one attached hydrogen (secondary N) is 1. The second-order valence-corrected chi connectivity index (χ2v) is 5.99. The SMILES string of the molecule is CNC(C1CCCCC1)C1CCSC1. The van der Waals surface area contributed by atoms with Crippen molar-refractivity contribution in [2.75, 3.05) is 18.6 Å². The largest absolute Gasteiger partial charge is 0.316 e. The molecule has 2 aliphatic rings. The molecule has 14 heavy (non-hydrogen) atoms. The standard InChI is InChI=1S/C12H23NS/c1-13-12(11-7-8-14-9-11)10-5-3-2-4-6-10/h10-13H,2-9H2,1H3. The van der Waals surface area contributed by atoms with Crippen molar-refractivity contribution in [3.63, 3.8) is 0 Å². The third kappa shape index (κ3) is 2.46. The lowest BCUT2D eigenvalue weighted by molar-refractivity contribution is 0.227. The Morgan fingerprint density at radius 3 is 2.43 bits per heavy atom. The van der Waals surface area contributed by atoms with Gasteiger partial charge in [0.25, 0.3) is 0 Å². The quantitative estimate of drug-likeness (QED) is 0.773. The number of hydrogen-bond acceptors (Lipinski definition) is 2. The van der Waals surface area contributed by atoms with Crippen LogP contribution in [0.3, 0.4) is 0 Å². The molecule has 0 aromatic heterocycles. The fourth-order valence-electron chi connectivity index (χ4n) is 3.19. The van der Waals surface area contributed by atoms with Gasteiger partial charge < -0.3 is 5.32 Å². The van der Waals surface area contributed by atoms with Gasteiger partial charge in [-0.2, -0.15) is 11.8 Å². The lowest BCUT2D eigenvalue weighted by Crippen LogP contribution is -2.41. The van der Waals surface area contributed by atoms with E-state index >= 15 is 0 Å². The normalized spacial score (nSPS) is 31.9. The third-order valence-electron chi connectivity index (χ3n) is 3.96. The molecule has 2 fully saturated rings. The average molecular weight is 213 g/mol. The molecule has 82 valence electrons. The van der Waals surface area contributed by atoms with Crippen molar-refractivity contribution in [2.24, 2.45) is 11.8 Å². The topological polar surface area (TPSA) is 12.0 Å². The smallest absolute Gasteiger partial charge is 0.0129 e. The second kappa shape index (κ2) is 5.41. The first-order valence-electron chi connectivity index (χ1n) is 6.17. The van der Waals surface area contributed by atoms with Crippen LogP contribution in [0.5, 0.6) is 0 Å². The van der Waals surface area contributed by atoms with Crippen molar-refractivity contribution >= 4 is 11.8 Å². The maximum absolute atomic E-state index is 3.60. The van der Waals surface area contributed by atoms with E-state index in [-0.39, 0.29) is 0 Å². The molecule has 2 atom stereocenters. The Morgan fingerprint density at radius 1 is 1.07 bits per heavy atom. The van der Waals surface area contributed by atoms with Gasteiger partial charge in [-0.05, 0) is 49.7 Å². The van der Waals surface area contributed by atoms with E-state index in [1.807, 2.05) is 0 Å². The molecular formula is C12H23NS. The summed E-state index contributed by atoms with van der Waals surface area (Å²) in [5, 5.41) is 3.60. The van der Waals surface area contributed by atoms with Crippen molar-refractivity contribution in [1.82, 2.24) is 5.32 Å². The van der Waals surface area contributed by atoms with E-state index in [4.69, 9.17) is 0 Å². The molecule has 1 saturated heterocycles. The van der Waals surface area contributed by atoms with Gasteiger partial charge in [-0.1, -0.05) is 19.3 Å². The zero-order valence-electron chi connectivity index (χ0n) is 9.30. The number of hydrogen-bond donors (Lipinski definition) is 1. The molecule has 1 saturated carbocycles. The van der Waals surface area contributed by atoms with E-state index in [0.29, 0.717) is 0 Å². The van der Waals surface area contributed by atoms with E-state index in [1.54, 1.807) is 0 Å². The highest BCUT2D eigenvalue weighted by Crippen LogP contribution is 2.35. The molecule has 1 aliphatic heterocycles. The van der Waals surface area contributed by atoms with Crippen LogP contribution in [0.4, 0.5) is 0 Å². The zero-order valence-corrected chi connectivity index (χ0v) is 10.1. The lowest BCUT2D eigenvalue weighted by Gasteiger charge is -2.33. The first kappa shape index (κ1) is 10.8. The van der Waals surface area contributed by atoms with Gasteiger partial charge in [0.1, 0.15) is 0 Å². The van der Waals surface area contributed by atoms with E-state index < -0.39 is 0 Å². The summed E-state index contributed by atoms with van der Waals surface area (Å²) < 4.78 is 0. The Hall–Kier alpha value is 0.310. The van der Waals surface area contributed by atoms with Crippen molar-refractivity contribution in [3.8, 4) is 0 Å². The van der Waals surface area contributed by atoms with Gasteiger partial charge in [0.05, 0.1) is 0 Å². The number of rotatable bonds is 3. The Labute approximate surface area is 92.4 Å². The molecule has 1 aliphatic carbocycles. The molecule has 2 rings (SSSR count). The summed E-state index contributed by atoms with van der Waals surface area (Å²) in [4.78, 5) is 0. The average Bonchev–Trinajstić information content (AvgIpc) is 2.74. The van der Waals surface area contributed by atoms with Crippen molar-refractivity contribution in [3.05, 3.63) is 0 Å². The van der Waals surface area contributed by atoms with Gasteiger partial charge in [0.15, 0.2) is 0 Å². The zero-order chi connectivity index (χ0) is 9.80. The van der Waals surface area contributed by atoms with Crippen molar-refractivity contribution in [2.45, 2.75) is 44.6 Å². The molecule has 0 aromatic rings. The monoisotopic (exact) mass is 213 g/mol. The Bertz CT molecular complexity index is 160. The van der Waals surface area contributed by atoms with Gasteiger partial charge in [0.2, 0.25) is 0 Å². The summed E-state index contributed by atoms with van der Waals surface area (Å²) in [7, 11) is 2.17. The summed E-state index contributed by atoms with van der Waals surface area (Å²) in [5.41, 5.74) is 0. The van der Waals surface area contributed by atoms with Gasteiger partial charge in [0, 0.05) is 6.04 Å². The molecule has 1 nitrogen and oxygen atoms in total. The van der Waals surface area contributed by atoms with Crippen molar-refractivity contribution in [1.29, 1.82) is 0 Å². The summed E-state index contributed by atoms with van der Waals surface area (Å²) in [6, 6.07) is 0.824. The molecule has 1 heterocycles. The lowest BCUT2D eigenvalue weighted by atomic mass is 9.78. The highest BCUT2D eigenvalue weighted by atomic mass is 32.2. The molecule has 0 radical (unpaired) electrons. The van der Waals surface area contributed by atoms with Crippen LogP contribution in [0.1, 0.15) is 38.5 Å². The highest BCUT2D eigenvalue weighted by molar-refractivity contribution is 7.99. The van der Waals surface area contributed by atoms with Gasteiger partial charge in [-0.25, -0.2) is 0 Å². The molecule has 2 unspecified atom stereocenters. The maximum Gasteiger partial charge on any atom is 0.0129 e. The first-order chi connectivity index (χ1) is 6.92. The Kier molecular flexibility index (Phi) is 4.18. The van der Waals surface area contributed by atoms with Crippen LogP contribution >= 0.6 is 11.8 Å². The summed E-state index contributed by atoms with van der Waals surface area (Å²) >= 11 is 2.15. The summed E-state index contributed by atoms with van der Waals surface area (Å²) in [6.45, 7) is 0. The molecule has 0 bridgehead atoms. The second-order valence-electron chi connectivity index (χ2n) is 4.84. The van der Waals surface area contributed by atoms with Gasteiger partial charge >= 0.3 is 0 Å². The predicted octanol–water partition coefficient (Wildman–Crippen LogP) is 2.91. The minimum atomic E-state index is 0.824. The molecule has 0 amide bonds. The van der Waals surface area contributed by atoms with Crippen LogP contribution in [0.2, 0.25) is 0 Å². The predicted molar refractivity (Wildman–Crippen MR) is 64.9 cm³/mol. The minimum Gasteiger partial charge on any atom is -0.316 e. The van der Waals surface area contributed by atoms with Crippen molar-refractivity contribution < 1.29 is 0 Å². The molecular weight excluding hydrogens is 190 g/mol. The van der Waals surface area contributed by atoms with Gasteiger partial charge in [-0.15, -0.1) is 0 Å². The highest BCUT2D eigenvalue weighted by Gasteiger charge is 2.31. The van der Waals surface area contributed by atoms with E-state index in [9.17, 15) is 0 Å². The summed E-state index contributed by atoms with van der Waals surface area (Å²) in [5.74, 6) is 4.75. The first-order valence-corrected chi connectivity index (χ1v) is 7.32. The fourth-order valence-corrected chi connectivity index (χ4v) is 4.50. The molecule has 2 heteroatoms. The molecule has 1 N–H and O–H groups in total. The van der Waals surface area contributed by atoms with E-state index in [1.165, 1.54) is 50.0 Å². The van der Waals surface area contributed by atoms with Crippen LogP contribution in [-0.4, -0.2) is 24.6 Å². The van der Waals surface area contributed by atoms with Crippen LogP contribution in [0, 0.1) is 11.8 Å². The van der Waals surface area contributed by atoms with Gasteiger partial charge in [-0.3, -0.25) is 0 Å². The van der Waals surface area contributed by atoms with E-state index in [0.717, 1.165) is 17.9 Å². The maximum atomic E-state index is 3.60. The number of thioether (sulfide) groups is 1. The summed E-state index contributed by atoms with van der Waals surface area (Å²) in [6.07, 6.45) is 8.84.